The first-order valence-electron chi connectivity index (χ1n) is 8.01. The molecule has 0 amide bonds. The van der Waals surface area contributed by atoms with Gasteiger partial charge in [0.1, 0.15) is 0 Å². The molecule has 1 rings (SSSR count). The molecule has 20 heavy (non-hydrogen) atoms. The lowest BCUT2D eigenvalue weighted by atomic mass is 9.85. The van der Waals surface area contributed by atoms with Gasteiger partial charge in [0.15, 0.2) is 0 Å². The van der Waals surface area contributed by atoms with Gasteiger partial charge in [0.05, 0.1) is 12.4 Å². The van der Waals surface area contributed by atoms with E-state index < -0.39 is 10.0 Å². The van der Waals surface area contributed by atoms with E-state index >= 15 is 0 Å². The van der Waals surface area contributed by atoms with Crippen LogP contribution in [-0.4, -0.2) is 43.3 Å². The van der Waals surface area contributed by atoms with Gasteiger partial charge in [-0.2, -0.15) is 0 Å². The van der Waals surface area contributed by atoms with E-state index in [1.54, 1.807) is 4.31 Å². The van der Waals surface area contributed by atoms with Crippen molar-refractivity contribution in [1.82, 2.24) is 4.31 Å². The van der Waals surface area contributed by atoms with Gasteiger partial charge in [0.2, 0.25) is 10.0 Å². The molecule has 1 aliphatic rings. The molecule has 1 N–H and O–H groups in total. The summed E-state index contributed by atoms with van der Waals surface area (Å²) in [6.07, 6.45) is 8.10. The van der Waals surface area contributed by atoms with E-state index in [0.717, 1.165) is 44.9 Å². The molecule has 3 unspecified atom stereocenters. The lowest BCUT2D eigenvalue weighted by molar-refractivity contribution is 0.0634. The van der Waals surface area contributed by atoms with Gasteiger partial charge < -0.3 is 5.11 Å². The molecule has 0 aromatic rings. The smallest absolute Gasteiger partial charge is 0.211 e. The van der Waals surface area contributed by atoms with Crippen LogP contribution in [0.3, 0.4) is 0 Å². The Labute approximate surface area is 124 Å². The normalized spacial score (nSPS) is 24.5. The zero-order valence-corrected chi connectivity index (χ0v) is 14.0. The minimum absolute atomic E-state index is 0.281. The van der Waals surface area contributed by atoms with E-state index in [9.17, 15) is 13.5 Å². The van der Waals surface area contributed by atoms with Crippen LogP contribution in [0.1, 0.15) is 58.8 Å². The van der Waals surface area contributed by atoms with Crippen LogP contribution in [0.5, 0.6) is 0 Å². The Kier molecular flexibility index (Phi) is 7.48. The number of aliphatic hydroxyl groups excluding tert-OH is 1. The maximum atomic E-state index is 11.6. The van der Waals surface area contributed by atoms with Crippen LogP contribution >= 0.6 is 0 Å². The third-order valence-corrected chi connectivity index (χ3v) is 5.79. The number of sulfonamides is 1. The minimum Gasteiger partial charge on any atom is -0.393 e. The number of piperidine rings is 1. The second-order valence-electron chi connectivity index (χ2n) is 6.24. The van der Waals surface area contributed by atoms with E-state index in [2.05, 4.69) is 13.8 Å². The van der Waals surface area contributed by atoms with Crippen molar-refractivity contribution >= 4 is 10.0 Å². The Morgan fingerprint density at radius 1 is 1.35 bits per heavy atom. The van der Waals surface area contributed by atoms with E-state index in [-0.39, 0.29) is 6.10 Å². The predicted octanol–water partition coefficient (Wildman–Crippen LogP) is 2.63. The first-order chi connectivity index (χ1) is 9.38. The maximum absolute atomic E-state index is 11.6. The summed E-state index contributed by atoms with van der Waals surface area (Å²) in [5.74, 6) is 0.674. The lowest BCUT2D eigenvalue weighted by Crippen LogP contribution is -2.40. The third kappa shape index (κ3) is 5.70. The van der Waals surface area contributed by atoms with E-state index in [1.807, 2.05) is 0 Å². The van der Waals surface area contributed by atoms with Gasteiger partial charge in [0.25, 0.3) is 0 Å². The number of nitrogens with zero attached hydrogens (tertiary/aromatic N) is 1. The van der Waals surface area contributed by atoms with Crippen molar-refractivity contribution in [2.45, 2.75) is 64.9 Å². The minimum atomic E-state index is -3.08. The van der Waals surface area contributed by atoms with Gasteiger partial charge in [0, 0.05) is 13.1 Å². The molecule has 1 heterocycles. The molecule has 0 saturated carbocycles. The van der Waals surface area contributed by atoms with Crippen LogP contribution in [0.25, 0.3) is 0 Å². The Balaban J connectivity index is 2.49. The van der Waals surface area contributed by atoms with Crippen LogP contribution in [-0.2, 0) is 10.0 Å². The molecular weight excluding hydrogens is 274 g/mol. The van der Waals surface area contributed by atoms with Crippen molar-refractivity contribution < 1.29 is 13.5 Å². The summed E-state index contributed by atoms with van der Waals surface area (Å²) >= 11 is 0. The molecule has 3 atom stereocenters. The highest BCUT2D eigenvalue weighted by molar-refractivity contribution is 7.88. The fourth-order valence-electron chi connectivity index (χ4n) is 3.19. The molecule has 0 spiro atoms. The van der Waals surface area contributed by atoms with E-state index in [4.69, 9.17) is 0 Å². The second-order valence-corrected chi connectivity index (χ2v) is 8.23. The number of hydrogen-bond acceptors (Lipinski definition) is 3. The topological polar surface area (TPSA) is 57.6 Å². The molecule has 1 fully saturated rings. The van der Waals surface area contributed by atoms with Crippen molar-refractivity contribution in [3.05, 3.63) is 0 Å². The van der Waals surface area contributed by atoms with Gasteiger partial charge in [-0.3, -0.25) is 0 Å². The SMILES string of the molecule is CCCCC(CC)C(O)CC1CCCN(S(C)(=O)=O)C1. The van der Waals surface area contributed by atoms with Crippen LogP contribution < -0.4 is 0 Å². The molecule has 0 bridgehead atoms. The molecule has 4 nitrogen and oxygen atoms in total. The summed E-state index contributed by atoms with van der Waals surface area (Å²) < 4.78 is 24.8. The fourth-order valence-corrected chi connectivity index (χ4v) is 4.13. The molecule has 0 aromatic heterocycles. The lowest BCUT2D eigenvalue weighted by Gasteiger charge is -2.33. The van der Waals surface area contributed by atoms with Crippen molar-refractivity contribution in [3.8, 4) is 0 Å². The fraction of sp³-hybridized carbons (Fsp3) is 1.00. The summed E-state index contributed by atoms with van der Waals surface area (Å²) in [5, 5.41) is 10.4. The summed E-state index contributed by atoms with van der Waals surface area (Å²) in [5.41, 5.74) is 0. The van der Waals surface area contributed by atoms with Crippen molar-refractivity contribution in [2.24, 2.45) is 11.8 Å². The van der Waals surface area contributed by atoms with Crippen molar-refractivity contribution in [1.29, 1.82) is 0 Å². The van der Waals surface area contributed by atoms with Gasteiger partial charge in [-0.1, -0.05) is 33.1 Å². The van der Waals surface area contributed by atoms with Crippen molar-refractivity contribution in [3.63, 3.8) is 0 Å². The van der Waals surface area contributed by atoms with Gasteiger partial charge in [-0.05, 0) is 37.5 Å². The average Bonchev–Trinajstić information content (AvgIpc) is 2.39. The molecule has 0 radical (unpaired) electrons. The molecule has 1 aliphatic heterocycles. The van der Waals surface area contributed by atoms with Crippen LogP contribution in [0.4, 0.5) is 0 Å². The maximum Gasteiger partial charge on any atom is 0.211 e. The summed E-state index contributed by atoms with van der Waals surface area (Å²) in [6, 6.07) is 0. The largest absolute Gasteiger partial charge is 0.393 e. The Hall–Kier alpha value is -0.130. The highest BCUT2D eigenvalue weighted by atomic mass is 32.2. The summed E-state index contributed by atoms with van der Waals surface area (Å²) in [6.45, 7) is 5.52. The zero-order chi connectivity index (χ0) is 15.2. The predicted molar refractivity (Wildman–Crippen MR) is 83.1 cm³/mol. The number of rotatable bonds is 8. The molecule has 5 heteroatoms. The van der Waals surface area contributed by atoms with E-state index in [1.165, 1.54) is 6.26 Å². The molecule has 1 saturated heterocycles. The number of hydrogen-bond donors (Lipinski definition) is 1. The second kappa shape index (κ2) is 8.35. The Morgan fingerprint density at radius 2 is 2.05 bits per heavy atom. The highest BCUT2D eigenvalue weighted by Gasteiger charge is 2.29. The third-order valence-electron chi connectivity index (χ3n) is 4.52. The van der Waals surface area contributed by atoms with Crippen molar-refractivity contribution in [2.75, 3.05) is 19.3 Å². The van der Waals surface area contributed by atoms with Crippen LogP contribution in [0, 0.1) is 11.8 Å². The van der Waals surface area contributed by atoms with Gasteiger partial charge in [-0.25, -0.2) is 12.7 Å². The summed E-state index contributed by atoms with van der Waals surface area (Å²) in [4.78, 5) is 0. The average molecular weight is 305 g/mol. The first kappa shape index (κ1) is 17.9. The Bertz CT molecular complexity index is 369. The molecule has 0 aromatic carbocycles. The quantitative estimate of drug-likeness (QED) is 0.750. The monoisotopic (exact) mass is 305 g/mol. The number of unbranched alkanes of at least 4 members (excludes halogenated alkanes) is 1. The molecular formula is C15H31NO3S. The highest BCUT2D eigenvalue weighted by Crippen LogP contribution is 2.27. The number of aliphatic hydroxyl groups is 1. The summed E-state index contributed by atoms with van der Waals surface area (Å²) in [7, 11) is -3.08. The Morgan fingerprint density at radius 3 is 2.60 bits per heavy atom. The van der Waals surface area contributed by atoms with Gasteiger partial charge >= 0.3 is 0 Å². The van der Waals surface area contributed by atoms with Gasteiger partial charge in [-0.15, -0.1) is 0 Å². The molecule has 0 aliphatic carbocycles. The van der Waals surface area contributed by atoms with E-state index in [0.29, 0.717) is 24.9 Å². The first-order valence-corrected chi connectivity index (χ1v) is 9.86. The van der Waals surface area contributed by atoms with Crippen LogP contribution in [0.15, 0.2) is 0 Å². The van der Waals surface area contributed by atoms with Crippen LogP contribution in [0.2, 0.25) is 0 Å². The zero-order valence-electron chi connectivity index (χ0n) is 13.2. The molecule has 120 valence electrons. The standard InChI is InChI=1S/C15H31NO3S/c1-4-6-9-14(5-2)15(17)11-13-8-7-10-16(12-13)20(3,18)19/h13-15,17H,4-12H2,1-3H3.